The highest BCUT2D eigenvalue weighted by Crippen LogP contribution is 2.35. The van der Waals surface area contributed by atoms with Gasteiger partial charge in [-0.15, -0.1) is 0 Å². The van der Waals surface area contributed by atoms with Crippen LogP contribution in [0.2, 0.25) is 0 Å². The highest BCUT2D eigenvalue weighted by molar-refractivity contribution is 5.50. The number of nitrogen functional groups attached to an aromatic ring is 2. The van der Waals surface area contributed by atoms with E-state index >= 15 is 0 Å². The van der Waals surface area contributed by atoms with Crippen LogP contribution >= 0.6 is 0 Å². The number of ether oxygens (including phenoxy) is 3. The van der Waals surface area contributed by atoms with E-state index in [9.17, 15) is 0 Å². The van der Waals surface area contributed by atoms with Gasteiger partial charge in [0.05, 0.1) is 0 Å². The van der Waals surface area contributed by atoms with Gasteiger partial charge >= 0.3 is 0 Å². The number of benzene rings is 4. The summed E-state index contributed by atoms with van der Waals surface area (Å²) in [4.78, 5) is 0. The molecular formula is C26H24N2O3. The molecule has 0 atom stereocenters. The molecule has 0 amide bonds. The quantitative estimate of drug-likeness (QED) is 0.339. The Balaban J connectivity index is 1.55. The van der Waals surface area contributed by atoms with Gasteiger partial charge in [-0.2, -0.15) is 0 Å². The average molecular weight is 412 g/mol. The zero-order valence-electron chi connectivity index (χ0n) is 17.5. The molecule has 0 aliphatic heterocycles. The number of hydrogen-bond donors (Lipinski definition) is 2. The summed E-state index contributed by atoms with van der Waals surface area (Å²) in [6.07, 6.45) is 0. The van der Waals surface area contributed by atoms with Crippen LogP contribution in [0.5, 0.6) is 34.5 Å². The van der Waals surface area contributed by atoms with Crippen LogP contribution in [0, 0.1) is 13.8 Å². The minimum atomic E-state index is 0.648. The van der Waals surface area contributed by atoms with E-state index in [0.717, 1.165) is 11.1 Å². The zero-order chi connectivity index (χ0) is 21.8. The van der Waals surface area contributed by atoms with Crippen molar-refractivity contribution in [2.24, 2.45) is 0 Å². The van der Waals surface area contributed by atoms with Gasteiger partial charge in [-0.25, -0.2) is 0 Å². The van der Waals surface area contributed by atoms with Crippen molar-refractivity contribution < 1.29 is 14.2 Å². The van der Waals surface area contributed by atoms with Crippen LogP contribution in [0.25, 0.3) is 0 Å². The second-order valence-electron chi connectivity index (χ2n) is 7.31. The van der Waals surface area contributed by atoms with Crippen LogP contribution in [-0.4, -0.2) is 0 Å². The summed E-state index contributed by atoms with van der Waals surface area (Å²) in [5, 5.41) is 0. The van der Waals surface area contributed by atoms with Crippen LogP contribution in [0.1, 0.15) is 11.1 Å². The maximum Gasteiger partial charge on any atom is 0.134 e. The minimum absolute atomic E-state index is 0.648. The molecular weight excluding hydrogens is 388 g/mol. The van der Waals surface area contributed by atoms with Crippen LogP contribution in [0.3, 0.4) is 0 Å². The van der Waals surface area contributed by atoms with Gasteiger partial charge < -0.3 is 25.7 Å². The zero-order valence-corrected chi connectivity index (χ0v) is 17.5. The second-order valence-corrected chi connectivity index (χ2v) is 7.31. The lowest BCUT2D eigenvalue weighted by atomic mass is 10.2. The molecule has 0 unspecified atom stereocenters. The van der Waals surface area contributed by atoms with Crippen molar-refractivity contribution >= 4 is 11.4 Å². The van der Waals surface area contributed by atoms with E-state index in [1.54, 1.807) is 12.1 Å². The Bertz CT molecular complexity index is 1130. The van der Waals surface area contributed by atoms with E-state index in [1.165, 1.54) is 0 Å². The molecule has 0 radical (unpaired) electrons. The first-order chi connectivity index (χ1) is 15.0. The lowest BCUT2D eigenvalue weighted by Gasteiger charge is -2.14. The van der Waals surface area contributed by atoms with Crippen LogP contribution in [-0.2, 0) is 0 Å². The highest BCUT2D eigenvalue weighted by atomic mass is 16.5. The maximum absolute atomic E-state index is 6.08. The van der Waals surface area contributed by atoms with Crippen LogP contribution in [0.4, 0.5) is 11.4 Å². The predicted octanol–water partition coefficient (Wildman–Crippen LogP) is 6.84. The molecule has 4 N–H and O–H groups in total. The Morgan fingerprint density at radius 3 is 1.32 bits per heavy atom. The van der Waals surface area contributed by atoms with E-state index in [2.05, 4.69) is 0 Å². The van der Waals surface area contributed by atoms with Gasteiger partial charge in [0.15, 0.2) is 0 Å². The summed E-state index contributed by atoms with van der Waals surface area (Å²) < 4.78 is 18.1. The van der Waals surface area contributed by atoms with Crippen molar-refractivity contribution in [1.82, 2.24) is 0 Å². The van der Waals surface area contributed by atoms with Gasteiger partial charge in [0.1, 0.15) is 34.5 Å². The van der Waals surface area contributed by atoms with Crippen molar-refractivity contribution in [2.75, 3.05) is 11.5 Å². The standard InChI is InChI=1S/C26H24N2O3/c1-17-9-11-23(15-25(17)30-21-7-3-5-19(27)13-21)29-24-12-10-18(2)26(16-24)31-22-8-4-6-20(28)14-22/h3-16H,27-28H2,1-2H3. The van der Waals surface area contributed by atoms with Gasteiger partial charge in [-0.05, 0) is 61.4 Å². The normalized spacial score (nSPS) is 10.5. The fourth-order valence-corrected chi connectivity index (χ4v) is 3.05. The molecule has 0 bridgehead atoms. The third-order valence-corrected chi connectivity index (χ3v) is 4.73. The smallest absolute Gasteiger partial charge is 0.134 e. The van der Waals surface area contributed by atoms with Gasteiger partial charge in [0.2, 0.25) is 0 Å². The number of hydrogen-bond acceptors (Lipinski definition) is 5. The van der Waals surface area contributed by atoms with E-state index < -0.39 is 0 Å². The van der Waals surface area contributed by atoms with E-state index in [0.29, 0.717) is 45.9 Å². The molecule has 4 aromatic carbocycles. The van der Waals surface area contributed by atoms with Gasteiger partial charge in [0.25, 0.3) is 0 Å². The molecule has 4 rings (SSSR count). The minimum Gasteiger partial charge on any atom is -0.457 e. The summed E-state index contributed by atoms with van der Waals surface area (Å²) in [7, 11) is 0. The third-order valence-electron chi connectivity index (χ3n) is 4.73. The molecule has 0 heterocycles. The van der Waals surface area contributed by atoms with Crippen molar-refractivity contribution in [3.8, 4) is 34.5 Å². The lowest BCUT2D eigenvalue weighted by Crippen LogP contribution is -1.93. The molecule has 0 aliphatic rings. The Morgan fingerprint density at radius 2 is 0.903 bits per heavy atom. The van der Waals surface area contributed by atoms with Crippen molar-refractivity contribution in [3.05, 3.63) is 96.1 Å². The monoisotopic (exact) mass is 412 g/mol. The summed E-state index contributed by atoms with van der Waals surface area (Å²) >= 11 is 0. The number of rotatable bonds is 6. The first-order valence-corrected chi connectivity index (χ1v) is 9.92. The van der Waals surface area contributed by atoms with Gasteiger partial charge in [0, 0.05) is 35.6 Å². The van der Waals surface area contributed by atoms with E-state index in [-0.39, 0.29) is 0 Å². The molecule has 156 valence electrons. The van der Waals surface area contributed by atoms with E-state index in [1.807, 2.05) is 86.6 Å². The maximum atomic E-state index is 6.08. The third kappa shape index (κ3) is 5.08. The second kappa shape index (κ2) is 8.71. The van der Waals surface area contributed by atoms with Crippen molar-refractivity contribution in [1.29, 1.82) is 0 Å². The predicted molar refractivity (Wildman–Crippen MR) is 124 cm³/mol. The van der Waals surface area contributed by atoms with Crippen molar-refractivity contribution in [2.45, 2.75) is 13.8 Å². The van der Waals surface area contributed by atoms with Gasteiger partial charge in [-0.3, -0.25) is 0 Å². The molecule has 5 nitrogen and oxygen atoms in total. The molecule has 0 fully saturated rings. The Labute approximate surface area is 181 Å². The molecule has 0 saturated heterocycles. The fraction of sp³-hybridized carbons (Fsp3) is 0.0769. The molecule has 0 aromatic heterocycles. The first kappa shape index (κ1) is 20.2. The Hall–Kier alpha value is -4.12. The summed E-state index contributed by atoms with van der Waals surface area (Å²) in [6, 6.07) is 26.1. The number of anilines is 2. The molecule has 0 aliphatic carbocycles. The van der Waals surface area contributed by atoms with E-state index in [4.69, 9.17) is 25.7 Å². The molecule has 0 spiro atoms. The van der Waals surface area contributed by atoms with Crippen LogP contribution in [0.15, 0.2) is 84.9 Å². The first-order valence-electron chi connectivity index (χ1n) is 9.92. The van der Waals surface area contributed by atoms with Crippen LogP contribution < -0.4 is 25.7 Å². The largest absolute Gasteiger partial charge is 0.457 e. The number of aryl methyl sites for hydroxylation is 2. The molecule has 0 saturated carbocycles. The highest BCUT2D eigenvalue weighted by Gasteiger charge is 2.09. The fourth-order valence-electron chi connectivity index (χ4n) is 3.05. The SMILES string of the molecule is Cc1ccc(Oc2ccc(C)c(Oc3cccc(N)c3)c2)cc1Oc1cccc(N)c1. The lowest BCUT2D eigenvalue weighted by molar-refractivity contribution is 0.449. The average Bonchev–Trinajstić information content (AvgIpc) is 2.73. The Morgan fingerprint density at radius 1 is 0.484 bits per heavy atom. The summed E-state index contributed by atoms with van der Waals surface area (Å²) in [6.45, 7) is 3.96. The molecule has 4 aromatic rings. The summed E-state index contributed by atoms with van der Waals surface area (Å²) in [5.74, 6) is 4.06. The molecule has 5 heteroatoms. The summed E-state index contributed by atoms with van der Waals surface area (Å²) in [5.41, 5.74) is 15.0. The number of nitrogens with two attached hydrogens (primary N) is 2. The van der Waals surface area contributed by atoms with Crippen molar-refractivity contribution in [3.63, 3.8) is 0 Å². The topological polar surface area (TPSA) is 79.7 Å². The van der Waals surface area contributed by atoms with Gasteiger partial charge in [-0.1, -0.05) is 24.3 Å². The Kier molecular flexibility index (Phi) is 5.67. The molecule has 31 heavy (non-hydrogen) atoms.